The van der Waals surface area contributed by atoms with E-state index in [0.717, 1.165) is 24.8 Å². The SMILES string of the molecule is CN1C(=O)C[C@H](C(=O)N2CCC(OCCCN)CC2)[C@@H]1c1cccc(Cl)c1. The van der Waals surface area contributed by atoms with Crippen molar-refractivity contribution in [1.29, 1.82) is 0 Å². The third-order valence-corrected chi connectivity index (χ3v) is 5.78. The topological polar surface area (TPSA) is 75.9 Å². The van der Waals surface area contributed by atoms with Crippen LogP contribution in [-0.2, 0) is 14.3 Å². The van der Waals surface area contributed by atoms with E-state index in [2.05, 4.69) is 0 Å². The second-order valence-corrected chi connectivity index (χ2v) is 7.79. The molecule has 0 aromatic heterocycles. The monoisotopic (exact) mass is 393 g/mol. The largest absolute Gasteiger partial charge is 0.378 e. The van der Waals surface area contributed by atoms with E-state index in [-0.39, 0.29) is 36.3 Å². The van der Waals surface area contributed by atoms with Gasteiger partial charge in [0.25, 0.3) is 0 Å². The summed E-state index contributed by atoms with van der Waals surface area (Å²) >= 11 is 6.13. The van der Waals surface area contributed by atoms with E-state index < -0.39 is 0 Å². The van der Waals surface area contributed by atoms with E-state index in [0.29, 0.717) is 31.3 Å². The van der Waals surface area contributed by atoms with Gasteiger partial charge < -0.3 is 20.3 Å². The quantitative estimate of drug-likeness (QED) is 0.752. The molecule has 1 aromatic rings. The molecule has 2 aliphatic rings. The van der Waals surface area contributed by atoms with Gasteiger partial charge in [-0.3, -0.25) is 9.59 Å². The molecule has 2 aliphatic heterocycles. The van der Waals surface area contributed by atoms with Crippen molar-refractivity contribution in [2.45, 2.75) is 37.8 Å². The Labute approximate surface area is 165 Å². The van der Waals surface area contributed by atoms with E-state index in [1.54, 1.807) is 18.0 Å². The molecule has 1 aromatic carbocycles. The summed E-state index contributed by atoms with van der Waals surface area (Å²) in [4.78, 5) is 29.1. The molecular formula is C20H28ClN3O3. The maximum absolute atomic E-state index is 13.2. The molecule has 27 heavy (non-hydrogen) atoms. The number of piperidine rings is 1. The Morgan fingerprint density at radius 1 is 1.33 bits per heavy atom. The third-order valence-electron chi connectivity index (χ3n) is 5.55. The fraction of sp³-hybridized carbons (Fsp3) is 0.600. The van der Waals surface area contributed by atoms with Crippen LogP contribution in [0.25, 0.3) is 0 Å². The minimum Gasteiger partial charge on any atom is -0.378 e. The van der Waals surface area contributed by atoms with Gasteiger partial charge >= 0.3 is 0 Å². The minimum atomic E-state index is -0.365. The molecule has 6 nitrogen and oxygen atoms in total. The Hall–Kier alpha value is -1.63. The smallest absolute Gasteiger partial charge is 0.228 e. The van der Waals surface area contributed by atoms with Gasteiger partial charge in [0.2, 0.25) is 11.8 Å². The van der Waals surface area contributed by atoms with Crippen molar-refractivity contribution in [1.82, 2.24) is 9.80 Å². The number of carbonyl (C=O) groups excluding carboxylic acids is 2. The average Bonchev–Trinajstić information content (AvgIpc) is 2.97. The molecular weight excluding hydrogens is 366 g/mol. The van der Waals surface area contributed by atoms with Crippen molar-refractivity contribution < 1.29 is 14.3 Å². The summed E-state index contributed by atoms with van der Waals surface area (Å²) in [7, 11) is 1.76. The number of ether oxygens (including phenoxy) is 1. The van der Waals surface area contributed by atoms with Crippen molar-refractivity contribution >= 4 is 23.4 Å². The van der Waals surface area contributed by atoms with Crippen LogP contribution in [0.4, 0.5) is 0 Å². The number of halogens is 1. The standard InChI is InChI=1S/C20H28ClN3O3/c1-23-18(25)13-17(19(23)14-4-2-5-15(21)12-14)20(26)24-9-6-16(7-10-24)27-11-3-8-22/h2,4-5,12,16-17,19H,3,6-11,13,22H2,1H3/t17-,19-/m0/s1. The van der Waals surface area contributed by atoms with Crippen LogP contribution in [0.3, 0.4) is 0 Å². The summed E-state index contributed by atoms with van der Waals surface area (Å²) in [6, 6.07) is 7.18. The van der Waals surface area contributed by atoms with Crippen molar-refractivity contribution in [2.24, 2.45) is 11.7 Å². The molecule has 3 rings (SSSR count). The lowest BCUT2D eigenvalue weighted by molar-refractivity contribution is -0.139. The Bertz CT molecular complexity index is 676. The number of nitrogens with two attached hydrogens (primary N) is 1. The van der Waals surface area contributed by atoms with E-state index in [4.69, 9.17) is 22.1 Å². The van der Waals surface area contributed by atoms with Crippen molar-refractivity contribution in [3.8, 4) is 0 Å². The van der Waals surface area contributed by atoms with Gasteiger partial charge in [-0.25, -0.2) is 0 Å². The molecule has 0 radical (unpaired) electrons. The van der Waals surface area contributed by atoms with Gasteiger partial charge in [-0.05, 0) is 43.5 Å². The zero-order valence-corrected chi connectivity index (χ0v) is 16.5. The van der Waals surface area contributed by atoms with E-state index in [1.807, 2.05) is 23.1 Å². The lowest BCUT2D eigenvalue weighted by atomic mass is 9.91. The molecule has 0 aliphatic carbocycles. The maximum Gasteiger partial charge on any atom is 0.228 e. The normalized spacial score (nSPS) is 23.9. The first-order valence-electron chi connectivity index (χ1n) is 9.63. The molecule has 2 N–H and O–H groups in total. The van der Waals surface area contributed by atoms with Crippen LogP contribution in [0.5, 0.6) is 0 Å². The first kappa shape index (κ1) is 20.1. The van der Waals surface area contributed by atoms with Gasteiger partial charge in [0.05, 0.1) is 18.1 Å². The fourth-order valence-electron chi connectivity index (χ4n) is 4.05. The van der Waals surface area contributed by atoms with Crippen LogP contribution in [-0.4, -0.2) is 61.0 Å². The van der Waals surface area contributed by atoms with Crippen LogP contribution >= 0.6 is 11.6 Å². The zero-order chi connectivity index (χ0) is 19.4. The fourth-order valence-corrected chi connectivity index (χ4v) is 4.25. The number of likely N-dealkylation sites (tertiary alicyclic amines) is 2. The van der Waals surface area contributed by atoms with Crippen molar-refractivity contribution in [3.63, 3.8) is 0 Å². The summed E-state index contributed by atoms with van der Waals surface area (Å²) in [5.74, 6) is -0.313. The first-order valence-corrected chi connectivity index (χ1v) is 10.0. The second-order valence-electron chi connectivity index (χ2n) is 7.35. The lowest BCUT2D eigenvalue weighted by Gasteiger charge is -2.35. The molecule has 2 heterocycles. The molecule has 2 saturated heterocycles. The second kappa shape index (κ2) is 9.04. The molecule has 2 atom stereocenters. The number of carbonyl (C=O) groups is 2. The zero-order valence-electron chi connectivity index (χ0n) is 15.8. The first-order chi connectivity index (χ1) is 13.0. The van der Waals surface area contributed by atoms with Gasteiger partial charge in [-0.2, -0.15) is 0 Å². The van der Waals surface area contributed by atoms with Gasteiger partial charge in [-0.15, -0.1) is 0 Å². The molecule has 2 fully saturated rings. The Morgan fingerprint density at radius 3 is 2.74 bits per heavy atom. The molecule has 0 spiro atoms. The third kappa shape index (κ3) is 4.62. The number of rotatable bonds is 6. The number of hydrogen-bond donors (Lipinski definition) is 1. The van der Waals surface area contributed by atoms with Gasteiger partial charge in [0, 0.05) is 38.2 Å². The Kier molecular flexibility index (Phi) is 6.73. The average molecular weight is 394 g/mol. The summed E-state index contributed by atoms with van der Waals surface area (Å²) in [6.45, 7) is 2.64. The number of hydrogen-bond acceptors (Lipinski definition) is 4. The number of amides is 2. The highest BCUT2D eigenvalue weighted by atomic mass is 35.5. The van der Waals surface area contributed by atoms with E-state index >= 15 is 0 Å². The van der Waals surface area contributed by atoms with Crippen molar-refractivity contribution in [2.75, 3.05) is 33.3 Å². The molecule has 7 heteroatoms. The summed E-state index contributed by atoms with van der Waals surface area (Å²) in [5, 5.41) is 0.613. The van der Waals surface area contributed by atoms with Crippen LogP contribution < -0.4 is 5.73 Å². The van der Waals surface area contributed by atoms with E-state index in [9.17, 15) is 9.59 Å². The molecule has 0 unspecified atom stereocenters. The van der Waals surface area contributed by atoms with Crippen LogP contribution in [0.2, 0.25) is 5.02 Å². The number of benzene rings is 1. The summed E-state index contributed by atoms with van der Waals surface area (Å²) in [6.07, 6.45) is 2.96. The molecule has 0 saturated carbocycles. The Balaban J connectivity index is 1.65. The van der Waals surface area contributed by atoms with Crippen LogP contribution in [0.1, 0.15) is 37.3 Å². The number of nitrogens with zero attached hydrogens (tertiary/aromatic N) is 2. The minimum absolute atomic E-state index is 0.00155. The van der Waals surface area contributed by atoms with Crippen molar-refractivity contribution in [3.05, 3.63) is 34.9 Å². The summed E-state index contributed by atoms with van der Waals surface area (Å²) in [5.41, 5.74) is 6.41. The van der Waals surface area contributed by atoms with Crippen LogP contribution in [0.15, 0.2) is 24.3 Å². The van der Waals surface area contributed by atoms with Gasteiger partial charge in [0.15, 0.2) is 0 Å². The van der Waals surface area contributed by atoms with Gasteiger partial charge in [-0.1, -0.05) is 23.7 Å². The predicted octanol–water partition coefficient (Wildman–Crippen LogP) is 2.22. The molecule has 0 bridgehead atoms. The highest BCUT2D eigenvalue weighted by Gasteiger charge is 2.44. The lowest BCUT2D eigenvalue weighted by Crippen LogP contribution is -2.44. The van der Waals surface area contributed by atoms with E-state index in [1.165, 1.54) is 0 Å². The predicted molar refractivity (Wildman–Crippen MR) is 104 cm³/mol. The highest BCUT2D eigenvalue weighted by molar-refractivity contribution is 6.30. The maximum atomic E-state index is 13.2. The molecule has 148 valence electrons. The van der Waals surface area contributed by atoms with Crippen LogP contribution in [0, 0.1) is 5.92 Å². The highest BCUT2D eigenvalue weighted by Crippen LogP contribution is 2.39. The summed E-state index contributed by atoms with van der Waals surface area (Å²) < 4.78 is 5.82. The molecule has 2 amide bonds. The Morgan fingerprint density at radius 2 is 2.07 bits per heavy atom. The van der Waals surface area contributed by atoms with Gasteiger partial charge in [0.1, 0.15) is 0 Å².